The number of benzene rings is 2. The van der Waals surface area contributed by atoms with Crippen molar-refractivity contribution in [3.8, 4) is 0 Å². The summed E-state index contributed by atoms with van der Waals surface area (Å²) < 4.78 is 0. The molecule has 0 radical (unpaired) electrons. The van der Waals surface area contributed by atoms with Gasteiger partial charge in [-0.05, 0) is 43.2 Å². The van der Waals surface area contributed by atoms with Crippen molar-refractivity contribution in [3.63, 3.8) is 0 Å². The van der Waals surface area contributed by atoms with Gasteiger partial charge in [0.2, 0.25) is 5.91 Å². The van der Waals surface area contributed by atoms with Crippen LogP contribution < -0.4 is 10.6 Å². The summed E-state index contributed by atoms with van der Waals surface area (Å²) in [4.78, 5) is 24.5. The molecule has 0 spiro atoms. The fraction of sp³-hybridized carbons (Fsp3) is 0.263. The molecule has 25 heavy (non-hydrogen) atoms. The highest BCUT2D eigenvalue weighted by Crippen LogP contribution is 2.19. The van der Waals surface area contributed by atoms with Gasteiger partial charge in [-0.15, -0.1) is 12.6 Å². The van der Waals surface area contributed by atoms with E-state index in [2.05, 4.69) is 23.3 Å². The molecular weight excluding hydrogens is 356 g/mol. The number of unbranched alkanes of at least 4 members (excludes halogenated alkanes) is 2. The van der Waals surface area contributed by atoms with Crippen LogP contribution in [0.25, 0.3) is 0 Å². The van der Waals surface area contributed by atoms with Crippen LogP contribution in [0, 0.1) is 0 Å². The number of nitrogens with one attached hydrogen (secondary N) is 2. The highest BCUT2D eigenvalue weighted by molar-refractivity contribution is 7.80. The van der Waals surface area contributed by atoms with E-state index in [-0.39, 0.29) is 11.8 Å². The van der Waals surface area contributed by atoms with Gasteiger partial charge in [-0.1, -0.05) is 36.2 Å². The van der Waals surface area contributed by atoms with Crippen molar-refractivity contribution in [2.45, 2.75) is 30.6 Å². The van der Waals surface area contributed by atoms with Gasteiger partial charge in [-0.3, -0.25) is 9.59 Å². The number of amides is 2. The zero-order chi connectivity index (χ0) is 18.1. The molecule has 0 aliphatic heterocycles. The number of thiol groups is 1. The molecule has 0 aromatic heterocycles. The van der Waals surface area contributed by atoms with Gasteiger partial charge in [-0.25, -0.2) is 0 Å². The molecule has 0 fully saturated rings. The third-order valence-corrected chi connectivity index (χ3v) is 4.25. The Morgan fingerprint density at radius 1 is 1.00 bits per heavy atom. The molecule has 0 unspecified atom stereocenters. The third-order valence-electron chi connectivity index (χ3n) is 3.63. The first kappa shape index (κ1) is 19.3. The van der Waals surface area contributed by atoms with Crippen LogP contribution in [0.15, 0.2) is 53.4 Å². The standard InChI is InChI=1S/C19H21ClN2O2S/c20-14-10-11-17(25)16(13-14)19(24)21-12-6-2-5-9-18(23)22-15-7-3-1-4-8-15/h1,3-4,7-8,10-11,13,25H,2,5-6,9,12H2,(H,21,24)(H,22,23). The van der Waals surface area contributed by atoms with Crippen molar-refractivity contribution in [2.24, 2.45) is 0 Å². The maximum Gasteiger partial charge on any atom is 0.252 e. The lowest BCUT2D eigenvalue weighted by atomic mass is 10.1. The van der Waals surface area contributed by atoms with Crippen LogP contribution in [0.3, 0.4) is 0 Å². The Kier molecular flexibility index (Phi) is 7.82. The van der Waals surface area contributed by atoms with E-state index < -0.39 is 0 Å². The summed E-state index contributed by atoms with van der Waals surface area (Å²) in [5, 5.41) is 6.21. The van der Waals surface area contributed by atoms with Crippen molar-refractivity contribution in [2.75, 3.05) is 11.9 Å². The Bertz CT molecular complexity index is 723. The molecule has 6 heteroatoms. The van der Waals surface area contributed by atoms with Crippen LogP contribution >= 0.6 is 24.2 Å². The molecule has 0 atom stereocenters. The number of anilines is 1. The average Bonchev–Trinajstić information content (AvgIpc) is 2.60. The Balaban J connectivity index is 1.61. The molecule has 132 valence electrons. The smallest absolute Gasteiger partial charge is 0.252 e. The van der Waals surface area contributed by atoms with Crippen LogP contribution in [-0.2, 0) is 4.79 Å². The first-order chi connectivity index (χ1) is 12.1. The number of carbonyl (C=O) groups excluding carboxylic acids is 2. The van der Waals surface area contributed by atoms with Gasteiger partial charge in [0.25, 0.3) is 5.91 Å². The molecule has 2 N–H and O–H groups in total. The molecule has 0 aliphatic carbocycles. The molecule has 0 saturated carbocycles. The molecule has 2 aromatic carbocycles. The predicted octanol–water partition coefficient (Wildman–Crippen LogP) is 4.56. The van der Waals surface area contributed by atoms with Crippen LogP contribution in [0.4, 0.5) is 5.69 Å². The van der Waals surface area contributed by atoms with Crippen molar-refractivity contribution in [1.82, 2.24) is 5.32 Å². The van der Waals surface area contributed by atoms with E-state index in [0.717, 1.165) is 24.9 Å². The lowest BCUT2D eigenvalue weighted by molar-refractivity contribution is -0.116. The summed E-state index contributed by atoms with van der Waals surface area (Å²) in [6.45, 7) is 0.554. The monoisotopic (exact) mass is 376 g/mol. The molecule has 2 amide bonds. The minimum absolute atomic E-state index is 0.00822. The summed E-state index contributed by atoms with van der Waals surface area (Å²) >= 11 is 10.2. The van der Waals surface area contributed by atoms with Crippen molar-refractivity contribution < 1.29 is 9.59 Å². The average molecular weight is 377 g/mol. The lowest BCUT2D eigenvalue weighted by Crippen LogP contribution is -2.24. The molecule has 0 aliphatic rings. The number of para-hydroxylation sites is 1. The number of rotatable bonds is 8. The quantitative estimate of drug-likeness (QED) is 0.467. The topological polar surface area (TPSA) is 58.2 Å². The Morgan fingerprint density at radius 2 is 1.76 bits per heavy atom. The molecule has 4 nitrogen and oxygen atoms in total. The van der Waals surface area contributed by atoms with Gasteiger partial charge in [0.15, 0.2) is 0 Å². The minimum atomic E-state index is -0.186. The molecule has 0 bridgehead atoms. The second kappa shape index (κ2) is 10.1. The minimum Gasteiger partial charge on any atom is -0.352 e. The van der Waals surface area contributed by atoms with E-state index in [0.29, 0.717) is 28.4 Å². The number of halogens is 1. The van der Waals surface area contributed by atoms with E-state index in [1.165, 1.54) is 0 Å². The van der Waals surface area contributed by atoms with E-state index >= 15 is 0 Å². The second-order valence-corrected chi connectivity index (χ2v) is 6.56. The Morgan fingerprint density at radius 3 is 2.52 bits per heavy atom. The summed E-state index contributed by atoms with van der Waals surface area (Å²) in [6, 6.07) is 14.4. The van der Waals surface area contributed by atoms with Crippen LogP contribution in [0.2, 0.25) is 5.02 Å². The van der Waals surface area contributed by atoms with Crippen molar-refractivity contribution in [3.05, 3.63) is 59.1 Å². The van der Waals surface area contributed by atoms with Crippen LogP contribution in [0.5, 0.6) is 0 Å². The van der Waals surface area contributed by atoms with Gasteiger partial charge in [-0.2, -0.15) is 0 Å². The lowest BCUT2D eigenvalue weighted by Gasteiger charge is -2.08. The molecule has 2 aromatic rings. The number of hydrogen-bond acceptors (Lipinski definition) is 3. The fourth-order valence-corrected chi connectivity index (χ4v) is 2.73. The Hall–Kier alpha value is -1.98. The SMILES string of the molecule is O=C(CCCCCNC(=O)c1cc(Cl)ccc1S)Nc1ccccc1. The third kappa shape index (κ3) is 6.80. The Labute approximate surface area is 158 Å². The largest absolute Gasteiger partial charge is 0.352 e. The fourth-order valence-electron chi connectivity index (χ4n) is 2.32. The summed E-state index contributed by atoms with van der Waals surface area (Å²) in [5.41, 5.74) is 1.28. The van der Waals surface area contributed by atoms with Gasteiger partial charge < -0.3 is 10.6 Å². The summed E-state index contributed by atoms with van der Waals surface area (Å²) in [7, 11) is 0. The van der Waals surface area contributed by atoms with Gasteiger partial charge in [0.1, 0.15) is 0 Å². The van der Waals surface area contributed by atoms with Gasteiger partial charge >= 0.3 is 0 Å². The first-order valence-electron chi connectivity index (χ1n) is 8.18. The maximum absolute atomic E-state index is 12.1. The molecule has 0 saturated heterocycles. The highest BCUT2D eigenvalue weighted by atomic mass is 35.5. The normalized spacial score (nSPS) is 10.3. The van der Waals surface area contributed by atoms with Crippen LogP contribution in [0.1, 0.15) is 36.0 Å². The zero-order valence-electron chi connectivity index (χ0n) is 13.8. The van der Waals surface area contributed by atoms with Crippen molar-refractivity contribution in [1.29, 1.82) is 0 Å². The van der Waals surface area contributed by atoms with Gasteiger partial charge in [0, 0.05) is 28.6 Å². The maximum atomic E-state index is 12.1. The number of hydrogen-bond donors (Lipinski definition) is 3. The molecule has 0 heterocycles. The first-order valence-corrected chi connectivity index (χ1v) is 9.00. The molecule has 2 rings (SSSR count). The highest BCUT2D eigenvalue weighted by Gasteiger charge is 2.09. The van der Waals surface area contributed by atoms with Gasteiger partial charge in [0.05, 0.1) is 5.56 Å². The summed E-state index contributed by atoms with van der Waals surface area (Å²) in [5.74, 6) is -0.178. The van der Waals surface area contributed by atoms with E-state index in [1.54, 1.807) is 18.2 Å². The summed E-state index contributed by atoms with van der Waals surface area (Å²) in [6.07, 6.45) is 2.93. The van der Waals surface area contributed by atoms with Crippen molar-refractivity contribution >= 4 is 41.7 Å². The second-order valence-electron chi connectivity index (χ2n) is 5.64. The predicted molar refractivity (Wildman–Crippen MR) is 105 cm³/mol. The molecular formula is C19H21ClN2O2S. The number of carbonyl (C=O) groups is 2. The van der Waals surface area contributed by atoms with Crippen LogP contribution in [-0.4, -0.2) is 18.4 Å². The van der Waals surface area contributed by atoms with E-state index in [9.17, 15) is 9.59 Å². The zero-order valence-corrected chi connectivity index (χ0v) is 15.4. The van der Waals surface area contributed by atoms with E-state index in [4.69, 9.17) is 11.6 Å². The van der Waals surface area contributed by atoms with E-state index in [1.807, 2.05) is 30.3 Å².